The van der Waals surface area contributed by atoms with Crippen LogP contribution in [0.3, 0.4) is 0 Å². The minimum absolute atomic E-state index is 0. The van der Waals surface area contributed by atoms with Crippen LogP contribution < -0.4 is 0 Å². The molecule has 0 saturated carbocycles. The Morgan fingerprint density at radius 1 is 0.800 bits per heavy atom. The molecule has 1 unspecified atom stereocenters. The molecule has 6 nitrogen and oxygen atoms in total. The van der Waals surface area contributed by atoms with Crippen LogP contribution in [0.2, 0.25) is 0 Å². The first-order chi connectivity index (χ1) is 10.6. The lowest BCUT2D eigenvalue weighted by Gasteiger charge is -2.19. The lowest BCUT2D eigenvalue weighted by molar-refractivity contribution is -0.142. The third kappa shape index (κ3) is 5.80. The fourth-order valence-corrected chi connectivity index (χ4v) is 2.66. The Labute approximate surface area is 152 Å². The van der Waals surface area contributed by atoms with E-state index >= 15 is 0 Å². The normalized spacial score (nSPS) is 19.5. The lowest BCUT2D eigenvalue weighted by Crippen LogP contribution is -2.37. The van der Waals surface area contributed by atoms with E-state index in [0.717, 1.165) is 0 Å². The van der Waals surface area contributed by atoms with Crippen molar-refractivity contribution >= 4 is 23.6 Å². The molecular formula is C19H34N2O4. The molecule has 0 aliphatic carbocycles. The minimum Gasteiger partial charge on any atom is -0.280 e. The second-order valence-corrected chi connectivity index (χ2v) is 6.72. The van der Waals surface area contributed by atoms with Crippen LogP contribution in [-0.2, 0) is 19.2 Å². The molecule has 2 heterocycles. The molecule has 2 aliphatic rings. The van der Waals surface area contributed by atoms with E-state index < -0.39 is 0 Å². The van der Waals surface area contributed by atoms with E-state index in [1.54, 1.807) is 0 Å². The van der Waals surface area contributed by atoms with Gasteiger partial charge in [-0.2, -0.15) is 0 Å². The summed E-state index contributed by atoms with van der Waals surface area (Å²) >= 11 is 0. The van der Waals surface area contributed by atoms with Crippen LogP contribution in [0, 0.1) is 11.8 Å². The number of hydrogen-bond donors (Lipinski definition) is 0. The molecule has 2 rings (SSSR count). The Bertz CT molecular complexity index is 518. The lowest BCUT2D eigenvalue weighted by atomic mass is 9.94. The van der Waals surface area contributed by atoms with Crippen molar-refractivity contribution < 1.29 is 19.2 Å². The van der Waals surface area contributed by atoms with Crippen LogP contribution in [0.1, 0.15) is 62.8 Å². The molecule has 1 saturated heterocycles. The van der Waals surface area contributed by atoms with E-state index in [2.05, 4.69) is 0 Å². The zero-order chi connectivity index (χ0) is 17.9. The van der Waals surface area contributed by atoms with Crippen LogP contribution in [0.4, 0.5) is 0 Å². The third-order valence-corrected chi connectivity index (χ3v) is 3.90. The van der Waals surface area contributed by atoms with Crippen molar-refractivity contribution in [2.45, 2.75) is 74.9 Å². The van der Waals surface area contributed by atoms with E-state index in [0.29, 0.717) is 6.42 Å². The van der Waals surface area contributed by atoms with Gasteiger partial charge in [-0.3, -0.25) is 29.0 Å². The highest BCUT2D eigenvalue weighted by Gasteiger charge is 2.40. The first-order valence-electron chi connectivity index (χ1n) is 7.99. The molecule has 6 heteroatoms. The molecular weight excluding hydrogens is 320 g/mol. The maximum Gasteiger partial charge on any atom is 0.253 e. The summed E-state index contributed by atoms with van der Waals surface area (Å²) in [6.07, 6.45) is 2.99. The highest BCUT2D eigenvalue weighted by Crippen LogP contribution is 2.27. The Morgan fingerprint density at radius 3 is 1.40 bits per heavy atom. The molecule has 0 radical (unpaired) electrons. The summed E-state index contributed by atoms with van der Waals surface area (Å²) in [7, 11) is 0. The number of likely N-dealkylation sites (tertiary alicyclic amines) is 1. The van der Waals surface area contributed by atoms with Gasteiger partial charge in [0.25, 0.3) is 11.8 Å². The smallest absolute Gasteiger partial charge is 0.253 e. The van der Waals surface area contributed by atoms with Crippen molar-refractivity contribution in [2.75, 3.05) is 0 Å². The number of hydrogen-bond acceptors (Lipinski definition) is 4. The number of amides is 4. The number of nitrogens with zero attached hydrogens (tertiary/aromatic N) is 2. The van der Waals surface area contributed by atoms with Gasteiger partial charge in [-0.05, 0) is 33.6 Å². The Kier molecular flexibility index (Phi) is 10.2. The molecule has 25 heavy (non-hydrogen) atoms. The summed E-state index contributed by atoms with van der Waals surface area (Å²) < 4.78 is 0. The molecule has 0 bridgehead atoms. The standard InChI is InChI=1S/C10H17NO2.C7H9NO2.2CH4/c1-6(2)8-5-9(12)11(7(3)4)10(8)13;1-5(2)8-6(9)3-4-7(8)10;;/h6-8H,5H2,1-4H3;3-5H,1-2H3;2*1H4. The van der Waals surface area contributed by atoms with Crippen molar-refractivity contribution in [3.63, 3.8) is 0 Å². The zero-order valence-corrected chi connectivity index (χ0v) is 14.7. The fourth-order valence-electron chi connectivity index (χ4n) is 2.66. The van der Waals surface area contributed by atoms with Gasteiger partial charge in [0, 0.05) is 36.6 Å². The van der Waals surface area contributed by atoms with Gasteiger partial charge in [0.15, 0.2) is 0 Å². The Balaban J connectivity index is 0. The quantitative estimate of drug-likeness (QED) is 0.730. The fraction of sp³-hybridized carbons (Fsp3) is 0.684. The van der Waals surface area contributed by atoms with Crippen LogP contribution in [0.25, 0.3) is 0 Å². The SMILES string of the molecule is C.C.CC(C)C1CC(=O)N(C(C)C)C1=O.CC(C)N1C(=O)C=CC1=O. The van der Waals surface area contributed by atoms with Gasteiger partial charge < -0.3 is 0 Å². The number of imide groups is 2. The van der Waals surface area contributed by atoms with E-state index in [9.17, 15) is 19.2 Å². The highest BCUT2D eigenvalue weighted by atomic mass is 16.2. The molecule has 0 aromatic carbocycles. The average molecular weight is 354 g/mol. The van der Waals surface area contributed by atoms with Crippen LogP contribution in [0.5, 0.6) is 0 Å². The summed E-state index contributed by atoms with van der Waals surface area (Å²) in [6.45, 7) is 11.3. The predicted octanol–water partition coefficient (Wildman–Crippen LogP) is 3.02. The summed E-state index contributed by atoms with van der Waals surface area (Å²) in [5.74, 6) is -0.246. The average Bonchev–Trinajstić information content (AvgIpc) is 2.90. The second kappa shape index (κ2) is 10.1. The maximum atomic E-state index is 11.7. The summed E-state index contributed by atoms with van der Waals surface area (Å²) in [5, 5.41) is 0. The highest BCUT2D eigenvalue weighted by molar-refractivity contribution is 6.13. The monoisotopic (exact) mass is 354 g/mol. The van der Waals surface area contributed by atoms with Gasteiger partial charge in [-0.1, -0.05) is 28.7 Å². The molecule has 0 aromatic heterocycles. The van der Waals surface area contributed by atoms with E-state index in [1.807, 2.05) is 41.5 Å². The van der Waals surface area contributed by atoms with Crippen molar-refractivity contribution in [3.05, 3.63) is 12.2 Å². The molecule has 0 spiro atoms. The van der Waals surface area contributed by atoms with Crippen molar-refractivity contribution in [1.29, 1.82) is 0 Å². The van der Waals surface area contributed by atoms with Gasteiger partial charge >= 0.3 is 0 Å². The van der Waals surface area contributed by atoms with Crippen molar-refractivity contribution in [1.82, 2.24) is 9.80 Å². The number of carbonyl (C=O) groups is 4. The molecule has 1 fully saturated rings. The second-order valence-electron chi connectivity index (χ2n) is 6.72. The molecule has 0 N–H and O–H groups in total. The van der Waals surface area contributed by atoms with Crippen LogP contribution in [0.15, 0.2) is 12.2 Å². The van der Waals surface area contributed by atoms with E-state index in [-0.39, 0.29) is 62.4 Å². The first kappa shape index (κ1) is 25.3. The number of rotatable bonds is 3. The summed E-state index contributed by atoms with van der Waals surface area (Å²) in [6, 6.07) is -0.0289. The molecule has 144 valence electrons. The van der Waals surface area contributed by atoms with Gasteiger partial charge in [-0.15, -0.1) is 0 Å². The zero-order valence-electron chi connectivity index (χ0n) is 14.7. The Hall–Kier alpha value is -1.98. The first-order valence-corrected chi connectivity index (χ1v) is 7.99. The van der Waals surface area contributed by atoms with Gasteiger partial charge in [-0.25, -0.2) is 0 Å². The predicted molar refractivity (Wildman–Crippen MR) is 99.5 cm³/mol. The largest absolute Gasteiger partial charge is 0.280 e. The van der Waals surface area contributed by atoms with E-state index in [1.165, 1.54) is 22.0 Å². The van der Waals surface area contributed by atoms with Gasteiger partial charge in [0.1, 0.15) is 0 Å². The maximum absolute atomic E-state index is 11.7. The van der Waals surface area contributed by atoms with Crippen molar-refractivity contribution in [2.24, 2.45) is 11.8 Å². The summed E-state index contributed by atoms with van der Waals surface area (Å²) in [5.41, 5.74) is 0. The molecule has 0 aromatic rings. The van der Waals surface area contributed by atoms with Crippen LogP contribution in [-0.4, -0.2) is 45.5 Å². The van der Waals surface area contributed by atoms with E-state index in [4.69, 9.17) is 0 Å². The Morgan fingerprint density at radius 2 is 1.20 bits per heavy atom. The minimum atomic E-state index is -0.208. The molecule has 2 aliphatic heterocycles. The van der Waals surface area contributed by atoms with Gasteiger partial charge in [0.2, 0.25) is 11.8 Å². The molecule has 4 amide bonds. The van der Waals surface area contributed by atoms with Crippen LogP contribution >= 0.6 is 0 Å². The summed E-state index contributed by atoms with van der Waals surface area (Å²) in [4.78, 5) is 47.5. The van der Waals surface area contributed by atoms with Crippen molar-refractivity contribution in [3.8, 4) is 0 Å². The molecule has 1 atom stereocenters. The third-order valence-electron chi connectivity index (χ3n) is 3.90. The number of carbonyl (C=O) groups excluding carboxylic acids is 4. The topological polar surface area (TPSA) is 74.8 Å². The van der Waals surface area contributed by atoms with Gasteiger partial charge in [0.05, 0.1) is 0 Å².